The van der Waals surface area contributed by atoms with Crippen molar-refractivity contribution in [3.8, 4) is 0 Å². The van der Waals surface area contributed by atoms with Crippen LogP contribution >= 0.6 is 11.6 Å². The van der Waals surface area contributed by atoms with E-state index in [4.69, 9.17) is 17.3 Å². The van der Waals surface area contributed by atoms with Crippen LogP contribution in [0.1, 0.15) is 15.9 Å². The molecule has 3 amide bonds. The lowest BCUT2D eigenvalue weighted by atomic mass is 10.1. The summed E-state index contributed by atoms with van der Waals surface area (Å²) in [5, 5.41) is 5.25. The van der Waals surface area contributed by atoms with E-state index in [1.54, 1.807) is 30.3 Å². The first kappa shape index (κ1) is 16.5. The van der Waals surface area contributed by atoms with Crippen molar-refractivity contribution in [1.82, 2.24) is 0 Å². The van der Waals surface area contributed by atoms with Crippen molar-refractivity contribution < 1.29 is 14.4 Å². The molecule has 0 fully saturated rings. The predicted molar refractivity (Wildman–Crippen MR) is 88.4 cm³/mol. The highest BCUT2D eigenvalue weighted by atomic mass is 35.5. The molecule has 0 heterocycles. The maximum atomic E-state index is 11.9. The monoisotopic (exact) mass is 331 g/mol. The fraction of sp³-hybridized carbons (Fsp3) is 0.0625. The third-order valence-electron chi connectivity index (χ3n) is 3.08. The van der Waals surface area contributed by atoms with Crippen LogP contribution in [0.15, 0.2) is 42.5 Å². The minimum atomic E-state index is -0.921. The molecule has 118 valence electrons. The smallest absolute Gasteiger partial charge is 0.314 e. The number of anilines is 2. The molecule has 7 heteroatoms. The highest BCUT2D eigenvalue weighted by Gasteiger charge is 2.17. The second kappa shape index (κ2) is 6.93. The lowest BCUT2D eigenvalue weighted by Crippen LogP contribution is -2.30. The number of carbonyl (C=O) groups excluding carboxylic acids is 3. The van der Waals surface area contributed by atoms with E-state index in [0.29, 0.717) is 10.7 Å². The van der Waals surface area contributed by atoms with Gasteiger partial charge in [-0.2, -0.15) is 0 Å². The maximum Gasteiger partial charge on any atom is 0.314 e. The van der Waals surface area contributed by atoms with Crippen LogP contribution < -0.4 is 16.4 Å². The number of nitrogens with two attached hydrogens (primary N) is 1. The number of primary amides is 1. The van der Waals surface area contributed by atoms with Crippen molar-refractivity contribution in [3.63, 3.8) is 0 Å². The number of rotatable bonds is 3. The zero-order chi connectivity index (χ0) is 17.0. The Morgan fingerprint density at radius 3 is 2.30 bits per heavy atom. The van der Waals surface area contributed by atoms with Crippen LogP contribution in [0.2, 0.25) is 5.02 Å². The van der Waals surface area contributed by atoms with Gasteiger partial charge in [0.1, 0.15) is 0 Å². The van der Waals surface area contributed by atoms with E-state index in [-0.39, 0.29) is 11.3 Å². The van der Waals surface area contributed by atoms with Crippen molar-refractivity contribution >= 4 is 40.7 Å². The van der Waals surface area contributed by atoms with Gasteiger partial charge >= 0.3 is 11.8 Å². The molecule has 0 unspecified atom stereocenters. The molecule has 0 atom stereocenters. The fourth-order valence-corrected chi connectivity index (χ4v) is 2.03. The molecule has 0 aromatic heterocycles. The number of aryl methyl sites for hydroxylation is 1. The standard InChI is InChI=1S/C16H14ClN3O3/c1-9-6-7-10(8-12(9)17)19-15(22)16(23)20-13-5-3-2-4-11(13)14(18)21/h2-8H,1H3,(H2,18,21)(H,19,22)(H,20,23). The summed E-state index contributed by atoms with van der Waals surface area (Å²) >= 11 is 5.96. The van der Waals surface area contributed by atoms with Crippen LogP contribution in [0.5, 0.6) is 0 Å². The SMILES string of the molecule is Cc1ccc(NC(=O)C(=O)Nc2ccccc2C(N)=O)cc1Cl. The van der Waals surface area contributed by atoms with Gasteiger partial charge in [0.25, 0.3) is 5.91 Å². The first-order valence-electron chi connectivity index (χ1n) is 6.66. The predicted octanol–water partition coefficient (Wildman–Crippen LogP) is 2.32. The molecule has 0 aliphatic carbocycles. The van der Waals surface area contributed by atoms with Crippen LogP contribution in [0.25, 0.3) is 0 Å². The highest BCUT2D eigenvalue weighted by molar-refractivity contribution is 6.44. The Bertz CT molecular complexity index is 790. The topological polar surface area (TPSA) is 101 Å². The van der Waals surface area contributed by atoms with Crippen molar-refractivity contribution in [2.24, 2.45) is 5.73 Å². The van der Waals surface area contributed by atoms with Crippen LogP contribution in [-0.4, -0.2) is 17.7 Å². The summed E-state index contributed by atoms with van der Waals surface area (Å²) < 4.78 is 0. The van der Waals surface area contributed by atoms with E-state index in [1.807, 2.05) is 6.92 Å². The van der Waals surface area contributed by atoms with E-state index in [0.717, 1.165) is 5.56 Å². The number of hydrogen-bond acceptors (Lipinski definition) is 3. The third-order valence-corrected chi connectivity index (χ3v) is 3.48. The Balaban J connectivity index is 2.10. The minimum Gasteiger partial charge on any atom is -0.366 e. The van der Waals surface area contributed by atoms with E-state index in [2.05, 4.69) is 10.6 Å². The molecule has 4 N–H and O–H groups in total. The summed E-state index contributed by atoms with van der Waals surface area (Å²) in [6, 6.07) is 11.0. The molecule has 2 aromatic carbocycles. The van der Waals surface area contributed by atoms with Crippen molar-refractivity contribution in [2.45, 2.75) is 6.92 Å². The number of para-hydroxylation sites is 1. The van der Waals surface area contributed by atoms with Gasteiger partial charge in [0.05, 0.1) is 11.3 Å². The summed E-state index contributed by atoms with van der Waals surface area (Å²) in [6.45, 7) is 1.82. The summed E-state index contributed by atoms with van der Waals surface area (Å²) in [6.07, 6.45) is 0. The minimum absolute atomic E-state index is 0.118. The summed E-state index contributed by atoms with van der Waals surface area (Å²) in [7, 11) is 0. The van der Waals surface area contributed by atoms with Gasteiger partial charge in [-0.05, 0) is 36.8 Å². The summed E-state index contributed by atoms with van der Waals surface area (Å²) in [4.78, 5) is 35.1. The summed E-state index contributed by atoms with van der Waals surface area (Å²) in [5.41, 5.74) is 6.75. The zero-order valence-electron chi connectivity index (χ0n) is 12.2. The van der Waals surface area contributed by atoms with Gasteiger partial charge in [-0.1, -0.05) is 29.8 Å². The van der Waals surface area contributed by atoms with Gasteiger partial charge in [-0.25, -0.2) is 0 Å². The molecular weight excluding hydrogens is 318 g/mol. The average Bonchev–Trinajstić information content (AvgIpc) is 2.51. The van der Waals surface area contributed by atoms with Gasteiger partial charge < -0.3 is 16.4 Å². The van der Waals surface area contributed by atoms with Gasteiger partial charge in [-0.3, -0.25) is 14.4 Å². The summed E-state index contributed by atoms with van der Waals surface area (Å²) in [5.74, 6) is -2.51. The Labute approximate surface area is 137 Å². The lowest BCUT2D eigenvalue weighted by molar-refractivity contribution is -0.133. The molecular formula is C16H14ClN3O3. The van der Waals surface area contributed by atoms with Gasteiger partial charge in [-0.15, -0.1) is 0 Å². The Morgan fingerprint density at radius 1 is 1.00 bits per heavy atom. The van der Waals surface area contributed by atoms with E-state index in [9.17, 15) is 14.4 Å². The first-order chi connectivity index (χ1) is 10.9. The number of hydrogen-bond donors (Lipinski definition) is 3. The molecule has 2 aromatic rings. The quantitative estimate of drug-likeness (QED) is 0.752. The molecule has 0 aliphatic rings. The Kier molecular flexibility index (Phi) is 4.98. The largest absolute Gasteiger partial charge is 0.366 e. The molecule has 0 saturated carbocycles. The van der Waals surface area contributed by atoms with Crippen LogP contribution in [0, 0.1) is 6.92 Å². The van der Waals surface area contributed by atoms with E-state index >= 15 is 0 Å². The Morgan fingerprint density at radius 2 is 1.65 bits per heavy atom. The van der Waals surface area contributed by atoms with Gasteiger partial charge in [0.2, 0.25) is 0 Å². The van der Waals surface area contributed by atoms with Crippen molar-refractivity contribution in [3.05, 3.63) is 58.6 Å². The number of benzene rings is 2. The average molecular weight is 332 g/mol. The molecule has 6 nitrogen and oxygen atoms in total. The van der Waals surface area contributed by atoms with Crippen molar-refractivity contribution in [2.75, 3.05) is 10.6 Å². The van der Waals surface area contributed by atoms with Crippen LogP contribution in [0.3, 0.4) is 0 Å². The van der Waals surface area contributed by atoms with Gasteiger partial charge in [0, 0.05) is 10.7 Å². The van der Waals surface area contributed by atoms with Crippen LogP contribution in [-0.2, 0) is 9.59 Å². The number of nitrogens with one attached hydrogen (secondary N) is 2. The molecule has 0 bridgehead atoms. The van der Waals surface area contributed by atoms with Crippen LogP contribution in [0.4, 0.5) is 11.4 Å². The third kappa shape index (κ3) is 4.08. The molecule has 0 saturated heterocycles. The zero-order valence-corrected chi connectivity index (χ0v) is 13.0. The normalized spacial score (nSPS) is 10.0. The molecule has 0 radical (unpaired) electrons. The molecule has 2 rings (SSSR count). The molecule has 0 aliphatic heterocycles. The first-order valence-corrected chi connectivity index (χ1v) is 7.03. The van der Waals surface area contributed by atoms with E-state index < -0.39 is 17.7 Å². The maximum absolute atomic E-state index is 11.9. The lowest BCUT2D eigenvalue weighted by Gasteiger charge is -2.09. The molecule has 0 spiro atoms. The number of amides is 3. The fourth-order valence-electron chi connectivity index (χ4n) is 1.84. The Hall–Kier alpha value is -2.86. The van der Waals surface area contributed by atoms with E-state index in [1.165, 1.54) is 12.1 Å². The highest BCUT2D eigenvalue weighted by Crippen LogP contribution is 2.20. The second-order valence-corrected chi connectivity index (χ2v) is 5.19. The second-order valence-electron chi connectivity index (χ2n) is 4.78. The molecule has 23 heavy (non-hydrogen) atoms. The number of carbonyl (C=O) groups is 3. The van der Waals surface area contributed by atoms with Crippen molar-refractivity contribution in [1.29, 1.82) is 0 Å². The number of halogens is 1. The van der Waals surface area contributed by atoms with Gasteiger partial charge in [0.15, 0.2) is 0 Å².